The van der Waals surface area contributed by atoms with Crippen molar-refractivity contribution >= 4 is 0 Å². The van der Waals surface area contributed by atoms with Crippen LogP contribution in [0.5, 0.6) is 0 Å². The Labute approximate surface area is 131 Å². The molecule has 0 aliphatic carbocycles. The van der Waals surface area contributed by atoms with Crippen LogP contribution in [0.2, 0.25) is 0 Å². The van der Waals surface area contributed by atoms with Crippen LogP contribution in [0.1, 0.15) is 11.1 Å². The normalized spacial score (nSPS) is 9.73. The zero-order chi connectivity index (χ0) is 15.4. The van der Waals surface area contributed by atoms with Gasteiger partial charge in [0.25, 0.3) is 0 Å². The largest absolute Gasteiger partial charge is 0.115 e. The van der Waals surface area contributed by atoms with Crippen LogP contribution in [0, 0.1) is 24.7 Å². The van der Waals surface area contributed by atoms with Gasteiger partial charge < -0.3 is 0 Å². The average molecular weight is 278 g/mol. The van der Waals surface area contributed by atoms with Gasteiger partial charge in [-0.15, -0.1) is 12.8 Å². The van der Waals surface area contributed by atoms with E-state index in [2.05, 4.69) is 42.2 Å². The Morgan fingerprint density at radius 2 is 1.27 bits per heavy atom. The smallest absolute Gasteiger partial charge is 0.0477 e. The van der Waals surface area contributed by atoms with Gasteiger partial charge in [0.15, 0.2) is 0 Å². The summed E-state index contributed by atoms with van der Waals surface area (Å²) in [6.45, 7) is 0. The van der Waals surface area contributed by atoms with Gasteiger partial charge in [-0.3, -0.25) is 0 Å². The first kappa shape index (κ1) is 13.7. The van der Waals surface area contributed by atoms with Crippen LogP contribution in [0.3, 0.4) is 0 Å². The van der Waals surface area contributed by atoms with Gasteiger partial charge in [0.05, 0.1) is 0 Å². The Morgan fingerprint density at radius 3 is 2.00 bits per heavy atom. The molecule has 0 heteroatoms. The lowest BCUT2D eigenvalue weighted by atomic mass is 9.93. The molecule has 102 valence electrons. The van der Waals surface area contributed by atoms with Crippen LogP contribution in [0.25, 0.3) is 22.3 Å². The van der Waals surface area contributed by atoms with E-state index in [0.717, 1.165) is 27.8 Å². The molecule has 0 aliphatic heterocycles. The van der Waals surface area contributed by atoms with Crippen molar-refractivity contribution in [3.63, 3.8) is 0 Å². The monoisotopic (exact) mass is 278 g/mol. The maximum Gasteiger partial charge on any atom is 0.0477 e. The lowest BCUT2D eigenvalue weighted by Crippen LogP contribution is -1.89. The highest BCUT2D eigenvalue weighted by Crippen LogP contribution is 2.29. The Morgan fingerprint density at radius 1 is 0.591 bits per heavy atom. The second-order valence-electron chi connectivity index (χ2n) is 4.96. The Balaban J connectivity index is 2.16. The molecule has 0 nitrogen and oxygen atoms in total. The zero-order valence-corrected chi connectivity index (χ0v) is 12.1. The second kappa shape index (κ2) is 6.04. The summed E-state index contributed by atoms with van der Waals surface area (Å²) in [6, 6.07) is 24.5. The van der Waals surface area contributed by atoms with Crippen LogP contribution in [-0.4, -0.2) is 0 Å². The van der Waals surface area contributed by atoms with Crippen LogP contribution >= 0.6 is 0 Å². The van der Waals surface area contributed by atoms with Crippen LogP contribution < -0.4 is 0 Å². The highest BCUT2D eigenvalue weighted by atomic mass is 14.1. The van der Waals surface area contributed by atoms with E-state index < -0.39 is 0 Å². The summed E-state index contributed by atoms with van der Waals surface area (Å²) in [5.41, 5.74) is 5.94. The van der Waals surface area contributed by atoms with Crippen molar-refractivity contribution < 1.29 is 0 Å². The number of benzene rings is 3. The molecule has 0 amide bonds. The van der Waals surface area contributed by atoms with E-state index >= 15 is 0 Å². The summed E-state index contributed by atoms with van der Waals surface area (Å²) in [5.74, 6) is 5.39. The molecule has 0 saturated carbocycles. The molecule has 0 saturated heterocycles. The topological polar surface area (TPSA) is 0 Å². The molecular formula is C22H14. The molecule has 0 aliphatic rings. The Bertz CT molecular complexity index is 887. The van der Waals surface area contributed by atoms with Gasteiger partial charge in [0, 0.05) is 11.1 Å². The first-order valence-corrected chi connectivity index (χ1v) is 7.05. The minimum absolute atomic E-state index is 0.755. The van der Waals surface area contributed by atoms with Gasteiger partial charge in [0.1, 0.15) is 0 Å². The Hall–Kier alpha value is -3.22. The average Bonchev–Trinajstić information content (AvgIpc) is 2.61. The molecule has 22 heavy (non-hydrogen) atoms. The predicted octanol–water partition coefficient (Wildman–Crippen LogP) is 4.98. The van der Waals surface area contributed by atoms with Crippen molar-refractivity contribution in [3.05, 3.63) is 83.9 Å². The zero-order valence-electron chi connectivity index (χ0n) is 12.1. The van der Waals surface area contributed by atoms with Gasteiger partial charge >= 0.3 is 0 Å². The molecule has 0 atom stereocenters. The number of hydrogen-bond acceptors (Lipinski definition) is 0. The third kappa shape index (κ3) is 2.51. The van der Waals surface area contributed by atoms with Crippen molar-refractivity contribution in [1.29, 1.82) is 0 Å². The number of hydrogen-bond donors (Lipinski definition) is 0. The third-order valence-electron chi connectivity index (χ3n) is 3.64. The van der Waals surface area contributed by atoms with E-state index in [4.69, 9.17) is 12.8 Å². The highest BCUT2D eigenvalue weighted by molar-refractivity contribution is 5.78. The minimum Gasteiger partial charge on any atom is -0.115 e. The van der Waals surface area contributed by atoms with Gasteiger partial charge in [-0.05, 0) is 34.4 Å². The predicted molar refractivity (Wildman–Crippen MR) is 93.2 cm³/mol. The lowest BCUT2D eigenvalue weighted by Gasteiger charge is -2.09. The summed E-state index contributed by atoms with van der Waals surface area (Å²) in [7, 11) is 0. The van der Waals surface area contributed by atoms with E-state index in [1.165, 1.54) is 5.56 Å². The summed E-state index contributed by atoms with van der Waals surface area (Å²) >= 11 is 0. The molecule has 0 N–H and O–H groups in total. The highest BCUT2D eigenvalue weighted by Gasteiger charge is 2.08. The van der Waals surface area contributed by atoms with Crippen LogP contribution in [-0.2, 0) is 0 Å². The van der Waals surface area contributed by atoms with E-state index in [9.17, 15) is 0 Å². The van der Waals surface area contributed by atoms with Crippen molar-refractivity contribution in [2.75, 3.05) is 0 Å². The minimum atomic E-state index is 0.755. The SMILES string of the molecule is C#Cc1cccc(-c2cccc(-c3ccccc3)c2)c1C#C. The van der Waals surface area contributed by atoms with Crippen LogP contribution in [0.4, 0.5) is 0 Å². The number of rotatable bonds is 2. The lowest BCUT2D eigenvalue weighted by molar-refractivity contribution is 1.54. The summed E-state index contributed by atoms with van der Waals surface area (Å²) in [5, 5.41) is 0. The molecule has 0 unspecified atom stereocenters. The molecule has 3 aromatic rings. The molecule has 3 rings (SSSR count). The first-order valence-electron chi connectivity index (χ1n) is 7.05. The quantitative estimate of drug-likeness (QED) is 0.580. The van der Waals surface area contributed by atoms with Crippen molar-refractivity contribution in [2.45, 2.75) is 0 Å². The van der Waals surface area contributed by atoms with Gasteiger partial charge in [-0.25, -0.2) is 0 Å². The van der Waals surface area contributed by atoms with E-state index in [1.807, 2.05) is 42.5 Å². The standard InChI is InChI=1S/C22H14/c1-3-17-12-9-15-22(21(17)4-2)20-14-8-13-19(16-20)18-10-6-5-7-11-18/h1-2,5-16H. The third-order valence-corrected chi connectivity index (χ3v) is 3.64. The van der Waals surface area contributed by atoms with Crippen molar-refractivity contribution in [3.8, 4) is 46.9 Å². The molecule has 3 aromatic carbocycles. The fourth-order valence-electron chi connectivity index (χ4n) is 2.57. The Kier molecular flexibility index (Phi) is 3.78. The first-order chi connectivity index (χ1) is 10.8. The summed E-state index contributed by atoms with van der Waals surface area (Å²) in [4.78, 5) is 0. The van der Waals surface area contributed by atoms with E-state index in [0.29, 0.717) is 0 Å². The van der Waals surface area contributed by atoms with Crippen molar-refractivity contribution in [2.24, 2.45) is 0 Å². The molecule has 0 aromatic heterocycles. The summed E-state index contributed by atoms with van der Waals surface area (Å²) in [6.07, 6.45) is 11.2. The van der Waals surface area contributed by atoms with E-state index in [1.54, 1.807) is 0 Å². The molecule has 0 spiro atoms. The fraction of sp³-hybridized carbons (Fsp3) is 0. The summed E-state index contributed by atoms with van der Waals surface area (Å²) < 4.78 is 0. The number of terminal acetylenes is 2. The maximum atomic E-state index is 5.67. The van der Waals surface area contributed by atoms with Crippen molar-refractivity contribution in [1.82, 2.24) is 0 Å². The maximum absolute atomic E-state index is 5.67. The van der Waals surface area contributed by atoms with Crippen LogP contribution in [0.15, 0.2) is 72.8 Å². The molecule has 0 heterocycles. The molecular weight excluding hydrogens is 264 g/mol. The van der Waals surface area contributed by atoms with Gasteiger partial charge in [-0.2, -0.15) is 0 Å². The van der Waals surface area contributed by atoms with Gasteiger partial charge in [0.2, 0.25) is 0 Å². The molecule has 0 bridgehead atoms. The van der Waals surface area contributed by atoms with Gasteiger partial charge in [-0.1, -0.05) is 72.5 Å². The fourth-order valence-corrected chi connectivity index (χ4v) is 2.57. The second-order valence-corrected chi connectivity index (χ2v) is 4.96. The molecule has 0 radical (unpaired) electrons. The molecule has 0 fully saturated rings. The van der Waals surface area contributed by atoms with E-state index in [-0.39, 0.29) is 0 Å².